The summed E-state index contributed by atoms with van der Waals surface area (Å²) < 4.78 is 36.9. The van der Waals surface area contributed by atoms with E-state index in [9.17, 15) is 22.8 Å². The fraction of sp³-hybridized carbons (Fsp3) is 0.556. The topological polar surface area (TPSA) is 52.7 Å². The van der Waals surface area contributed by atoms with Crippen molar-refractivity contribution in [3.05, 3.63) is 35.4 Å². The van der Waals surface area contributed by atoms with Crippen LogP contribution in [0, 0.1) is 0 Å². The summed E-state index contributed by atoms with van der Waals surface area (Å²) in [5, 5.41) is 2.61. The Morgan fingerprint density at radius 2 is 1.77 bits per heavy atom. The molecule has 1 aliphatic rings. The van der Waals surface area contributed by atoms with E-state index in [1.54, 1.807) is 31.2 Å². The summed E-state index contributed by atoms with van der Waals surface area (Å²) in [5.41, 5.74) is 1.38. The van der Waals surface area contributed by atoms with E-state index in [0.29, 0.717) is 5.56 Å². The highest BCUT2D eigenvalue weighted by Crippen LogP contribution is 2.19. The van der Waals surface area contributed by atoms with Gasteiger partial charge in [-0.15, -0.1) is 0 Å². The third-order valence-electron chi connectivity index (χ3n) is 4.37. The Balaban J connectivity index is 1.84. The predicted molar refractivity (Wildman–Crippen MR) is 91.7 cm³/mol. The Kier molecular flexibility index (Phi) is 6.88. The average molecular weight is 371 g/mol. The normalized spacial score (nSPS) is 14.4. The first kappa shape index (κ1) is 20.1. The van der Waals surface area contributed by atoms with Crippen molar-refractivity contribution in [2.45, 2.75) is 38.9 Å². The smallest absolute Gasteiger partial charge is 0.339 e. The molecule has 1 heterocycles. The second-order valence-electron chi connectivity index (χ2n) is 6.30. The Labute approximate surface area is 151 Å². The SMILES string of the molecule is CCN(CCC(F)(F)F)C(=O)NCc1ccc(C(=O)N2CCCC2)cc1. The van der Waals surface area contributed by atoms with Crippen molar-refractivity contribution in [2.24, 2.45) is 0 Å². The summed E-state index contributed by atoms with van der Waals surface area (Å²) in [7, 11) is 0. The highest BCUT2D eigenvalue weighted by atomic mass is 19.4. The van der Waals surface area contributed by atoms with Crippen molar-refractivity contribution < 1.29 is 22.8 Å². The van der Waals surface area contributed by atoms with Gasteiger partial charge in [0.25, 0.3) is 5.91 Å². The molecule has 144 valence electrons. The van der Waals surface area contributed by atoms with E-state index in [2.05, 4.69) is 5.32 Å². The largest absolute Gasteiger partial charge is 0.390 e. The molecule has 1 fully saturated rings. The Bertz CT molecular complexity index is 611. The molecular formula is C18H24F3N3O2. The van der Waals surface area contributed by atoms with Gasteiger partial charge < -0.3 is 15.1 Å². The number of hydrogen-bond donors (Lipinski definition) is 1. The second-order valence-corrected chi connectivity index (χ2v) is 6.30. The number of halogens is 3. The van der Waals surface area contributed by atoms with Crippen LogP contribution in [0.25, 0.3) is 0 Å². The number of nitrogens with one attached hydrogen (secondary N) is 1. The summed E-state index contributed by atoms with van der Waals surface area (Å²) in [4.78, 5) is 27.2. The van der Waals surface area contributed by atoms with Crippen LogP contribution in [0.4, 0.5) is 18.0 Å². The molecule has 1 N–H and O–H groups in total. The van der Waals surface area contributed by atoms with Gasteiger partial charge in [-0.25, -0.2) is 4.79 Å². The molecule has 1 aromatic rings. The van der Waals surface area contributed by atoms with Crippen molar-refractivity contribution in [2.75, 3.05) is 26.2 Å². The van der Waals surface area contributed by atoms with E-state index in [4.69, 9.17) is 0 Å². The summed E-state index contributed by atoms with van der Waals surface area (Å²) in [6.45, 7) is 3.22. The number of amides is 3. The van der Waals surface area contributed by atoms with Crippen molar-refractivity contribution in [3.8, 4) is 0 Å². The first-order valence-electron chi connectivity index (χ1n) is 8.78. The van der Waals surface area contributed by atoms with Gasteiger partial charge in [-0.1, -0.05) is 12.1 Å². The van der Waals surface area contributed by atoms with Crippen molar-refractivity contribution >= 4 is 11.9 Å². The standard InChI is InChI=1S/C18H24F3N3O2/c1-2-23(12-9-18(19,20)21)17(26)22-13-14-5-7-15(8-6-14)16(25)24-10-3-4-11-24/h5-8H,2-4,9-13H2,1H3,(H,22,26). The van der Waals surface area contributed by atoms with Gasteiger partial charge in [-0.2, -0.15) is 13.2 Å². The molecule has 3 amide bonds. The lowest BCUT2D eigenvalue weighted by Crippen LogP contribution is -2.41. The van der Waals surface area contributed by atoms with Crippen LogP contribution in [0.1, 0.15) is 42.1 Å². The third-order valence-corrected chi connectivity index (χ3v) is 4.37. The van der Waals surface area contributed by atoms with E-state index >= 15 is 0 Å². The van der Waals surface area contributed by atoms with Crippen LogP contribution in [0.2, 0.25) is 0 Å². The molecule has 0 aromatic heterocycles. The van der Waals surface area contributed by atoms with E-state index < -0.39 is 18.6 Å². The van der Waals surface area contributed by atoms with Crippen LogP contribution in [0.3, 0.4) is 0 Å². The van der Waals surface area contributed by atoms with Gasteiger partial charge in [-0.05, 0) is 37.5 Å². The van der Waals surface area contributed by atoms with Crippen molar-refractivity contribution in [1.82, 2.24) is 15.1 Å². The summed E-state index contributed by atoms with van der Waals surface area (Å²) in [5.74, 6) is 0.00222. The second kappa shape index (κ2) is 8.91. The minimum absolute atomic E-state index is 0.00222. The fourth-order valence-electron chi connectivity index (χ4n) is 2.82. The van der Waals surface area contributed by atoms with E-state index in [-0.39, 0.29) is 25.5 Å². The minimum atomic E-state index is -4.29. The number of hydrogen-bond acceptors (Lipinski definition) is 2. The fourth-order valence-corrected chi connectivity index (χ4v) is 2.82. The molecular weight excluding hydrogens is 347 g/mol. The summed E-state index contributed by atoms with van der Waals surface area (Å²) >= 11 is 0. The van der Waals surface area contributed by atoms with E-state index in [1.165, 1.54) is 0 Å². The van der Waals surface area contributed by atoms with Crippen LogP contribution in [0.5, 0.6) is 0 Å². The molecule has 0 radical (unpaired) electrons. The first-order chi connectivity index (χ1) is 12.3. The van der Waals surface area contributed by atoms with Gasteiger partial charge in [-0.3, -0.25) is 4.79 Å². The van der Waals surface area contributed by atoms with Crippen molar-refractivity contribution in [1.29, 1.82) is 0 Å². The lowest BCUT2D eigenvalue weighted by Gasteiger charge is -2.22. The maximum absolute atomic E-state index is 12.3. The molecule has 2 rings (SSSR count). The van der Waals surface area contributed by atoms with Crippen LogP contribution < -0.4 is 5.32 Å². The first-order valence-corrected chi connectivity index (χ1v) is 8.78. The number of carbonyl (C=O) groups excluding carboxylic acids is 2. The van der Waals surface area contributed by atoms with Crippen molar-refractivity contribution in [3.63, 3.8) is 0 Å². The highest BCUT2D eigenvalue weighted by molar-refractivity contribution is 5.94. The van der Waals surface area contributed by atoms with Crippen LogP contribution >= 0.6 is 0 Å². The molecule has 1 aromatic carbocycles. The molecule has 0 bridgehead atoms. The Morgan fingerprint density at radius 1 is 1.15 bits per heavy atom. The van der Waals surface area contributed by atoms with Gasteiger partial charge in [0.1, 0.15) is 0 Å². The van der Waals surface area contributed by atoms with Crippen LogP contribution in [-0.2, 0) is 6.54 Å². The number of rotatable bonds is 6. The Hall–Kier alpha value is -2.25. The third kappa shape index (κ3) is 5.93. The number of carbonyl (C=O) groups is 2. The quantitative estimate of drug-likeness (QED) is 0.833. The van der Waals surface area contributed by atoms with Gasteiger partial charge in [0.2, 0.25) is 0 Å². The molecule has 8 heteroatoms. The molecule has 0 spiro atoms. The molecule has 0 aliphatic carbocycles. The minimum Gasteiger partial charge on any atom is -0.339 e. The number of benzene rings is 1. The zero-order valence-electron chi connectivity index (χ0n) is 14.8. The molecule has 0 atom stereocenters. The number of nitrogens with zero attached hydrogens (tertiary/aromatic N) is 2. The summed E-state index contributed by atoms with van der Waals surface area (Å²) in [6.07, 6.45) is -3.26. The van der Waals surface area contributed by atoms with Gasteiger partial charge in [0, 0.05) is 38.3 Å². The van der Waals surface area contributed by atoms with Gasteiger partial charge >= 0.3 is 12.2 Å². The molecule has 5 nitrogen and oxygen atoms in total. The zero-order valence-corrected chi connectivity index (χ0v) is 14.8. The lowest BCUT2D eigenvalue weighted by atomic mass is 10.1. The number of urea groups is 1. The molecule has 0 unspecified atom stereocenters. The van der Waals surface area contributed by atoms with E-state index in [0.717, 1.165) is 36.4 Å². The molecule has 1 saturated heterocycles. The van der Waals surface area contributed by atoms with Crippen LogP contribution in [0.15, 0.2) is 24.3 Å². The van der Waals surface area contributed by atoms with E-state index in [1.807, 2.05) is 4.90 Å². The molecule has 1 aliphatic heterocycles. The maximum atomic E-state index is 12.3. The molecule has 0 saturated carbocycles. The maximum Gasteiger partial charge on any atom is 0.390 e. The average Bonchev–Trinajstić information content (AvgIpc) is 3.14. The number of alkyl halides is 3. The zero-order chi connectivity index (χ0) is 19.2. The number of likely N-dealkylation sites (tertiary alicyclic amines) is 1. The van der Waals surface area contributed by atoms with Crippen LogP contribution in [-0.4, -0.2) is 54.1 Å². The van der Waals surface area contributed by atoms with Gasteiger partial charge in [0.05, 0.1) is 6.42 Å². The summed E-state index contributed by atoms with van der Waals surface area (Å²) in [6, 6.07) is 6.38. The monoisotopic (exact) mass is 371 g/mol. The highest BCUT2D eigenvalue weighted by Gasteiger charge is 2.28. The molecule has 26 heavy (non-hydrogen) atoms. The van der Waals surface area contributed by atoms with Gasteiger partial charge in [0.15, 0.2) is 0 Å². The lowest BCUT2D eigenvalue weighted by molar-refractivity contribution is -0.136. The Morgan fingerprint density at radius 3 is 2.31 bits per heavy atom. The predicted octanol–water partition coefficient (Wildman–Crippen LogP) is 3.41.